The van der Waals surface area contributed by atoms with Crippen molar-refractivity contribution in [2.75, 3.05) is 26.9 Å². The minimum Gasteiger partial charge on any atom is -0.497 e. The minimum atomic E-state index is -1.11. The third-order valence-corrected chi connectivity index (χ3v) is 14.9. The van der Waals surface area contributed by atoms with Gasteiger partial charge in [0, 0.05) is 0 Å². The number of carbonyl (C=O) groups excluding carboxylic acids is 1. The average Bonchev–Trinajstić information content (AvgIpc) is 3.73. The number of piperidine rings is 1. The second kappa shape index (κ2) is 31.2. The lowest BCUT2D eigenvalue weighted by Crippen LogP contribution is -2.70. The monoisotopic (exact) mass is 1120 g/mol. The number of benzene rings is 8. The number of hydrogen-bond acceptors (Lipinski definition) is 11. The summed E-state index contributed by atoms with van der Waals surface area (Å²) in [4.78, 5) is 17.8. The van der Waals surface area contributed by atoms with Gasteiger partial charge >= 0.3 is 6.03 Å². The van der Waals surface area contributed by atoms with Crippen LogP contribution in [0.5, 0.6) is 5.75 Å². The topological polar surface area (TPSA) is 125 Å². The molecule has 0 aromatic heterocycles. The Balaban J connectivity index is 1.02. The number of carbonyl (C=O) groups is 1. The highest BCUT2D eigenvalue weighted by Gasteiger charge is 2.52. The number of ether oxygens (including phenoxy) is 10. The summed E-state index contributed by atoms with van der Waals surface area (Å²) >= 11 is 0. The average molecular weight is 1120 g/mol. The summed E-state index contributed by atoms with van der Waals surface area (Å²) in [5.74, 6) is 0.745. The maximum Gasteiger partial charge on any atom is 0.320 e. The number of amides is 2. The van der Waals surface area contributed by atoms with Crippen molar-refractivity contribution in [3.05, 3.63) is 281 Å². The van der Waals surface area contributed by atoms with Crippen LogP contribution in [0.2, 0.25) is 0 Å². The minimum absolute atomic E-state index is 0.0827. The molecule has 1 N–H and O–H groups in total. The molecular weight excluding hydrogens is 1040 g/mol. The summed E-state index contributed by atoms with van der Waals surface area (Å²) in [6.07, 6.45) is -6.44. The van der Waals surface area contributed by atoms with E-state index in [4.69, 9.17) is 47.4 Å². The number of urea groups is 1. The Morgan fingerprint density at radius 2 is 0.747 bits per heavy atom. The second-order valence-corrected chi connectivity index (χ2v) is 20.8. The normalized spacial score (nSPS) is 21.5. The predicted molar refractivity (Wildman–Crippen MR) is 317 cm³/mol. The van der Waals surface area contributed by atoms with E-state index in [1.807, 2.05) is 237 Å². The number of rotatable bonds is 28. The van der Waals surface area contributed by atoms with Crippen molar-refractivity contribution < 1.29 is 52.2 Å². The summed E-state index contributed by atoms with van der Waals surface area (Å²) < 4.78 is 68.0. The van der Waals surface area contributed by atoms with Crippen molar-refractivity contribution in [3.63, 3.8) is 0 Å². The number of methoxy groups -OCH3 is 1. The van der Waals surface area contributed by atoms with Crippen LogP contribution in [0.25, 0.3) is 0 Å². The molecule has 2 aliphatic rings. The highest BCUT2D eigenvalue weighted by atomic mass is 16.6. The van der Waals surface area contributed by atoms with Crippen LogP contribution in [0, 0.1) is 0 Å². The molecule has 0 saturated carbocycles. The first kappa shape index (κ1) is 58.7. The molecule has 430 valence electrons. The van der Waals surface area contributed by atoms with Gasteiger partial charge < -0.3 is 57.6 Å². The first-order valence-corrected chi connectivity index (χ1v) is 28.5. The largest absolute Gasteiger partial charge is 0.497 e. The maximum atomic E-state index is 16.0. The van der Waals surface area contributed by atoms with Gasteiger partial charge in [-0.1, -0.05) is 224 Å². The van der Waals surface area contributed by atoms with Crippen LogP contribution >= 0.6 is 0 Å². The van der Waals surface area contributed by atoms with Crippen molar-refractivity contribution in [1.82, 2.24) is 10.2 Å². The van der Waals surface area contributed by atoms with E-state index in [-0.39, 0.29) is 66.0 Å². The molecule has 0 bridgehead atoms. The van der Waals surface area contributed by atoms with Gasteiger partial charge in [-0.2, -0.15) is 0 Å². The van der Waals surface area contributed by atoms with Crippen molar-refractivity contribution in [3.8, 4) is 5.75 Å². The van der Waals surface area contributed by atoms with Gasteiger partial charge in [-0.25, -0.2) is 4.79 Å². The number of nitrogens with zero attached hydrogens (tertiary/aromatic N) is 1. The molecule has 0 radical (unpaired) electrons. The van der Waals surface area contributed by atoms with E-state index >= 15 is 4.79 Å². The summed E-state index contributed by atoms with van der Waals surface area (Å²) in [6.45, 7) is 2.28. The Labute approximate surface area is 487 Å². The fourth-order valence-corrected chi connectivity index (χ4v) is 10.5. The predicted octanol–water partition coefficient (Wildman–Crippen LogP) is 12.1. The molecule has 2 fully saturated rings. The Hall–Kier alpha value is -7.53. The molecule has 0 aliphatic carbocycles. The molecule has 83 heavy (non-hydrogen) atoms. The first-order valence-electron chi connectivity index (χ1n) is 28.5. The van der Waals surface area contributed by atoms with E-state index in [1.54, 1.807) is 12.0 Å². The lowest BCUT2D eigenvalue weighted by molar-refractivity contribution is -0.276. The van der Waals surface area contributed by atoms with Crippen molar-refractivity contribution in [1.29, 1.82) is 0 Å². The SMILES string of the molecule is COc1ccc(COC[C@H]2O[C@@H](NC(=O)N3C[C@H](OCc4ccccc4)[C@@H](OCc4ccccc4)[C@H](OCc4ccccc4)[C@@H]3COCc3ccccc3)[C@H](OCc3ccccc3)[C@@H](OCc3ccccc3)[C@@H]2OCc2ccccc2)cc1. The molecule has 8 aromatic carbocycles. The van der Waals surface area contributed by atoms with Gasteiger partial charge in [-0.15, -0.1) is 0 Å². The van der Waals surface area contributed by atoms with Crippen LogP contribution in [0.15, 0.2) is 237 Å². The van der Waals surface area contributed by atoms with E-state index < -0.39 is 61.0 Å². The molecule has 2 aliphatic heterocycles. The Bertz CT molecular complexity index is 3080. The summed E-state index contributed by atoms with van der Waals surface area (Å²) in [5, 5.41) is 3.37. The van der Waals surface area contributed by atoms with E-state index in [1.165, 1.54) is 0 Å². The molecule has 13 heteroatoms. The van der Waals surface area contributed by atoms with Gasteiger partial charge in [-0.05, 0) is 56.6 Å². The molecule has 0 unspecified atom stereocenters. The zero-order chi connectivity index (χ0) is 56.7. The lowest BCUT2D eigenvalue weighted by Gasteiger charge is -2.50. The van der Waals surface area contributed by atoms with E-state index in [2.05, 4.69) is 5.32 Å². The number of nitrogens with one attached hydrogen (secondary N) is 1. The van der Waals surface area contributed by atoms with Crippen LogP contribution in [-0.4, -0.2) is 92.8 Å². The molecule has 2 amide bonds. The van der Waals surface area contributed by atoms with Crippen LogP contribution in [-0.2, 0) is 95.5 Å². The summed E-state index contributed by atoms with van der Waals surface area (Å²) in [6, 6.07) is 76.5. The van der Waals surface area contributed by atoms with Crippen molar-refractivity contribution in [2.45, 2.75) is 108 Å². The van der Waals surface area contributed by atoms with Gasteiger partial charge in [0.2, 0.25) is 0 Å². The molecule has 8 aromatic rings. The zero-order valence-corrected chi connectivity index (χ0v) is 46.9. The highest BCUT2D eigenvalue weighted by molar-refractivity contribution is 5.75. The molecule has 13 nitrogen and oxygen atoms in total. The summed E-state index contributed by atoms with van der Waals surface area (Å²) in [7, 11) is 1.64. The zero-order valence-electron chi connectivity index (χ0n) is 46.9. The molecule has 10 rings (SSSR count). The third-order valence-electron chi connectivity index (χ3n) is 14.9. The van der Waals surface area contributed by atoms with Gasteiger partial charge in [0.25, 0.3) is 0 Å². The standard InChI is InChI=1S/C70H74N2O11/c1-74-60-39-37-59(38-40-60)43-76-51-63-66(80-47-56-31-17-6-18-32-56)67(81-48-57-33-19-7-20-34-57)68(82-49-58-35-21-8-22-36-58)69(83-63)71-70(73)72-41-62(77-44-53-25-11-3-12-26-53)65(79-46-55-29-15-5-16-30-55)64(78-45-54-27-13-4-14-28-54)61(72)50-75-42-52-23-9-2-10-24-52/h2-40,61-69H,41-51H2,1H3,(H,71,73)/t61-,62-,63+,64+,65+,66+,67-,68+,69+/m0/s1. The Morgan fingerprint density at radius 1 is 0.398 bits per heavy atom. The quantitative estimate of drug-likeness (QED) is 0.0504. The Morgan fingerprint density at radius 3 is 1.18 bits per heavy atom. The number of likely N-dealkylation sites (tertiary alicyclic amines) is 1. The van der Waals surface area contributed by atoms with Gasteiger partial charge in [0.05, 0.1) is 85.8 Å². The van der Waals surface area contributed by atoms with E-state index in [9.17, 15) is 0 Å². The van der Waals surface area contributed by atoms with Gasteiger partial charge in [0.1, 0.15) is 48.5 Å². The molecular formula is C70H74N2O11. The number of hydrogen-bond donors (Lipinski definition) is 1. The maximum absolute atomic E-state index is 16.0. The fourth-order valence-electron chi connectivity index (χ4n) is 10.5. The first-order chi connectivity index (χ1) is 41.0. The van der Waals surface area contributed by atoms with E-state index in [0.717, 1.165) is 50.3 Å². The van der Waals surface area contributed by atoms with E-state index in [0.29, 0.717) is 6.61 Å². The smallest absolute Gasteiger partial charge is 0.320 e. The van der Waals surface area contributed by atoms with Gasteiger partial charge in [-0.3, -0.25) is 0 Å². The molecule has 2 saturated heterocycles. The van der Waals surface area contributed by atoms with Crippen LogP contribution in [0.4, 0.5) is 4.79 Å². The van der Waals surface area contributed by atoms with Gasteiger partial charge in [0.15, 0.2) is 6.23 Å². The molecule has 2 heterocycles. The summed E-state index contributed by atoms with van der Waals surface area (Å²) in [5.41, 5.74) is 7.70. The molecule has 9 atom stereocenters. The Kier molecular flexibility index (Phi) is 22.1. The molecule has 0 spiro atoms. The fraction of sp³-hybridized carbons (Fsp3) is 0.300. The second-order valence-electron chi connectivity index (χ2n) is 20.8. The van der Waals surface area contributed by atoms with Crippen molar-refractivity contribution >= 4 is 6.03 Å². The third kappa shape index (κ3) is 17.3. The van der Waals surface area contributed by atoms with Crippen LogP contribution < -0.4 is 10.1 Å². The van der Waals surface area contributed by atoms with Crippen LogP contribution in [0.1, 0.15) is 44.5 Å². The lowest BCUT2D eigenvalue weighted by atomic mass is 9.93. The highest BCUT2D eigenvalue weighted by Crippen LogP contribution is 2.33. The van der Waals surface area contributed by atoms with Crippen molar-refractivity contribution in [2.24, 2.45) is 0 Å². The van der Waals surface area contributed by atoms with Crippen LogP contribution in [0.3, 0.4) is 0 Å².